The molecule has 0 aromatic heterocycles. The number of fused-ring (bicyclic) bond motifs is 2. The van der Waals surface area contributed by atoms with Gasteiger partial charge in [0.05, 0.1) is 5.60 Å². The van der Waals surface area contributed by atoms with Crippen LogP contribution in [0.5, 0.6) is 0 Å². The molecule has 0 amide bonds. The molecule has 62 valence electrons. The average Bonchev–Trinajstić information content (AvgIpc) is 2.42. The first-order chi connectivity index (χ1) is 5.10. The number of nitrogens with two attached hydrogens (primary N) is 1. The third kappa shape index (κ3) is 0.804. The lowest BCUT2D eigenvalue weighted by Gasteiger charge is -2.38. The van der Waals surface area contributed by atoms with E-state index in [0.717, 1.165) is 26.1 Å². The molecule has 0 aromatic carbocycles. The summed E-state index contributed by atoms with van der Waals surface area (Å²) in [5.74, 6) is 0. The van der Waals surface area contributed by atoms with Crippen LogP contribution in [0.4, 0.5) is 0 Å². The SMILES string of the molecule is BC12CCN(C1)CC2(O)CN. The summed E-state index contributed by atoms with van der Waals surface area (Å²) in [6.45, 7) is 3.35. The van der Waals surface area contributed by atoms with Crippen molar-refractivity contribution in [3.05, 3.63) is 0 Å². The largest absolute Gasteiger partial charge is 0.387 e. The summed E-state index contributed by atoms with van der Waals surface area (Å²) in [4.78, 5) is 2.30. The van der Waals surface area contributed by atoms with Crippen LogP contribution in [0.2, 0.25) is 5.31 Å². The minimum absolute atomic E-state index is 0.0712. The predicted octanol–water partition coefficient (Wildman–Crippen LogP) is -1.81. The van der Waals surface area contributed by atoms with Gasteiger partial charge in [-0.1, -0.05) is 0 Å². The van der Waals surface area contributed by atoms with Gasteiger partial charge in [0.2, 0.25) is 0 Å². The number of piperidine rings is 1. The Balaban J connectivity index is 2.27. The molecule has 2 fully saturated rings. The average molecular weight is 154 g/mol. The molecule has 0 spiro atoms. The first kappa shape index (κ1) is 7.59. The van der Waals surface area contributed by atoms with Crippen LogP contribution >= 0.6 is 0 Å². The van der Waals surface area contributed by atoms with Gasteiger partial charge in [-0.15, -0.1) is 0 Å². The van der Waals surface area contributed by atoms with Gasteiger partial charge in [-0.25, -0.2) is 0 Å². The van der Waals surface area contributed by atoms with Crippen LogP contribution in [-0.2, 0) is 0 Å². The minimum atomic E-state index is -0.606. The summed E-state index contributed by atoms with van der Waals surface area (Å²) in [6.07, 6.45) is 1.10. The van der Waals surface area contributed by atoms with Crippen molar-refractivity contribution in [2.75, 3.05) is 26.2 Å². The van der Waals surface area contributed by atoms with Gasteiger partial charge in [0.1, 0.15) is 7.85 Å². The van der Waals surface area contributed by atoms with Gasteiger partial charge in [0.15, 0.2) is 0 Å². The third-order valence-corrected chi connectivity index (χ3v) is 3.50. The molecule has 2 saturated heterocycles. The van der Waals surface area contributed by atoms with Crippen molar-refractivity contribution in [1.29, 1.82) is 0 Å². The molecule has 3 nitrogen and oxygen atoms in total. The maximum absolute atomic E-state index is 10.1. The molecular weight excluding hydrogens is 139 g/mol. The van der Waals surface area contributed by atoms with Gasteiger partial charge in [-0.3, -0.25) is 0 Å². The van der Waals surface area contributed by atoms with Gasteiger partial charge >= 0.3 is 0 Å². The van der Waals surface area contributed by atoms with E-state index in [2.05, 4.69) is 12.7 Å². The number of rotatable bonds is 1. The molecule has 0 radical (unpaired) electrons. The van der Waals surface area contributed by atoms with Gasteiger partial charge in [-0.05, 0) is 24.8 Å². The number of nitrogens with zero attached hydrogens (tertiary/aromatic N) is 1. The van der Waals surface area contributed by atoms with Gasteiger partial charge < -0.3 is 15.7 Å². The molecule has 11 heavy (non-hydrogen) atoms. The molecule has 0 aliphatic carbocycles. The van der Waals surface area contributed by atoms with Crippen molar-refractivity contribution < 1.29 is 5.11 Å². The molecule has 2 bridgehead atoms. The monoisotopic (exact) mass is 154 g/mol. The lowest BCUT2D eigenvalue weighted by atomic mass is 9.58. The summed E-state index contributed by atoms with van der Waals surface area (Å²) < 4.78 is 0. The van der Waals surface area contributed by atoms with Crippen LogP contribution in [0.3, 0.4) is 0 Å². The van der Waals surface area contributed by atoms with E-state index in [4.69, 9.17) is 5.73 Å². The summed E-state index contributed by atoms with van der Waals surface area (Å²) in [6, 6.07) is 0. The van der Waals surface area contributed by atoms with Crippen molar-refractivity contribution in [3.8, 4) is 0 Å². The molecule has 0 saturated carbocycles. The van der Waals surface area contributed by atoms with E-state index in [-0.39, 0.29) is 5.31 Å². The second-order valence-electron chi connectivity index (χ2n) is 4.26. The van der Waals surface area contributed by atoms with Crippen molar-refractivity contribution in [3.63, 3.8) is 0 Å². The molecular formula is C7H15BN2O. The number of aliphatic hydroxyl groups is 1. The van der Waals surface area contributed by atoms with Crippen LogP contribution in [0.25, 0.3) is 0 Å². The second-order valence-corrected chi connectivity index (χ2v) is 4.26. The lowest BCUT2D eigenvalue weighted by molar-refractivity contribution is 0.0111. The molecule has 3 N–H and O–H groups in total. The Labute approximate surface area is 68.0 Å². The van der Waals surface area contributed by atoms with E-state index in [9.17, 15) is 5.11 Å². The molecule has 2 aliphatic heterocycles. The third-order valence-electron chi connectivity index (χ3n) is 3.50. The summed E-state index contributed by atoms with van der Waals surface area (Å²) in [5.41, 5.74) is 4.96. The quantitative estimate of drug-likeness (QED) is 0.437. The first-order valence-electron chi connectivity index (χ1n) is 4.24. The van der Waals surface area contributed by atoms with E-state index in [1.54, 1.807) is 0 Å². The molecule has 0 aromatic rings. The lowest BCUT2D eigenvalue weighted by Crippen LogP contribution is -2.51. The Morgan fingerprint density at radius 2 is 2.27 bits per heavy atom. The molecule has 3 atom stereocenters. The molecule has 2 heterocycles. The fourth-order valence-corrected chi connectivity index (χ4v) is 2.44. The molecule has 2 rings (SSSR count). The van der Waals surface area contributed by atoms with Gasteiger partial charge in [-0.2, -0.15) is 0 Å². The van der Waals surface area contributed by atoms with Crippen LogP contribution in [-0.4, -0.2) is 49.6 Å². The van der Waals surface area contributed by atoms with E-state index in [1.165, 1.54) is 0 Å². The maximum Gasteiger partial charge on any atom is 0.115 e. The van der Waals surface area contributed by atoms with Gasteiger partial charge in [0, 0.05) is 13.1 Å². The van der Waals surface area contributed by atoms with E-state index in [1.807, 2.05) is 0 Å². The van der Waals surface area contributed by atoms with Crippen LogP contribution in [0, 0.1) is 0 Å². The minimum Gasteiger partial charge on any atom is -0.387 e. The topological polar surface area (TPSA) is 49.5 Å². The number of hydrogen-bond donors (Lipinski definition) is 2. The highest BCUT2D eigenvalue weighted by Gasteiger charge is 2.56. The Kier molecular flexibility index (Phi) is 1.38. The Morgan fingerprint density at radius 3 is 2.55 bits per heavy atom. The zero-order valence-electron chi connectivity index (χ0n) is 7.01. The molecule has 2 aliphatic rings. The van der Waals surface area contributed by atoms with Crippen molar-refractivity contribution in [2.24, 2.45) is 5.73 Å². The highest BCUT2D eigenvalue weighted by Crippen LogP contribution is 2.50. The van der Waals surface area contributed by atoms with Crippen molar-refractivity contribution in [1.82, 2.24) is 4.90 Å². The number of hydrogen-bond acceptors (Lipinski definition) is 3. The zero-order valence-corrected chi connectivity index (χ0v) is 7.01. The van der Waals surface area contributed by atoms with Crippen LogP contribution in [0.15, 0.2) is 0 Å². The second kappa shape index (κ2) is 2.00. The van der Waals surface area contributed by atoms with E-state index >= 15 is 0 Å². The van der Waals surface area contributed by atoms with Crippen LogP contribution < -0.4 is 5.73 Å². The maximum atomic E-state index is 10.1. The van der Waals surface area contributed by atoms with Crippen molar-refractivity contribution in [2.45, 2.75) is 17.3 Å². The predicted molar refractivity (Wildman–Crippen MR) is 46.3 cm³/mol. The fourth-order valence-electron chi connectivity index (χ4n) is 2.44. The smallest absolute Gasteiger partial charge is 0.115 e. The Hall–Kier alpha value is -0.0551. The zero-order chi connectivity index (χ0) is 8.11. The van der Waals surface area contributed by atoms with E-state index in [0.29, 0.717) is 6.54 Å². The molecule has 3 unspecified atom stereocenters. The summed E-state index contributed by atoms with van der Waals surface area (Å²) >= 11 is 0. The summed E-state index contributed by atoms with van der Waals surface area (Å²) in [5, 5.41) is 10.2. The van der Waals surface area contributed by atoms with E-state index < -0.39 is 5.60 Å². The molecule has 4 heteroatoms. The van der Waals surface area contributed by atoms with Gasteiger partial charge in [0.25, 0.3) is 0 Å². The van der Waals surface area contributed by atoms with Crippen molar-refractivity contribution >= 4 is 7.85 Å². The first-order valence-corrected chi connectivity index (χ1v) is 4.24. The Morgan fingerprint density at radius 1 is 1.55 bits per heavy atom. The highest BCUT2D eigenvalue weighted by molar-refractivity contribution is 6.17. The summed E-state index contributed by atoms with van der Waals surface area (Å²) in [7, 11) is 2.15. The normalized spacial score (nSPS) is 55.3. The highest BCUT2D eigenvalue weighted by atomic mass is 16.3. The Bertz CT molecular complexity index is 187. The van der Waals surface area contributed by atoms with Crippen LogP contribution in [0.1, 0.15) is 6.42 Å². The fraction of sp³-hybridized carbons (Fsp3) is 1.00. The standard InChI is InChI=1S/C7H15BN2O/c8-6-1-2-10(4-6)5-7(6,11)3-9/h11H,1-5,8-9H2.